The molecule has 9 heteroatoms. The molecule has 1 aromatic carbocycles. The number of nitrogens with zero attached hydrogens (tertiary/aromatic N) is 2. The van der Waals surface area contributed by atoms with Crippen LogP contribution in [-0.2, 0) is 0 Å². The second kappa shape index (κ2) is 8.71. The van der Waals surface area contributed by atoms with Crippen molar-refractivity contribution < 1.29 is 31.1 Å². The third-order valence-electron chi connectivity index (χ3n) is 7.29. The average molecular weight is 460 g/mol. The molecule has 0 unspecified atom stereocenters. The number of halogens is 6. The second-order valence-corrected chi connectivity index (χ2v) is 8.99. The van der Waals surface area contributed by atoms with Crippen LogP contribution in [0.2, 0.25) is 0 Å². The Kier molecular flexibility index (Phi) is 6.29. The predicted octanol–water partition coefficient (Wildman–Crippen LogP) is 7.26. The van der Waals surface area contributed by atoms with Crippen molar-refractivity contribution in [3.05, 3.63) is 30.6 Å². The van der Waals surface area contributed by atoms with Crippen LogP contribution in [0.25, 0.3) is 10.9 Å². The van der Waals surface area contributed by atoms with Crippen LogP contribution >= 0.6 is 0 Å². The maximum absolute atomic E-state index is 14.3. The van der Waals surface area contributed by atoms with Crippen LogP contribution in [0.3, 0.4) is 0 Å². The van der Waals surface area contributed by atoms with E-state index in [9.17, 15) is 26.3 Å². The summed E-state index contributed by atoms with van der Waals surface area (Å²) in [6.07, 6.45) is -8.45. The highest BCUT2D eigenvalue weighted by molar-refractivity contribution is 5.82. The molecular formula is C23H26F6N2O. The summed E-state index contributed by atoms with van der Waals surface area (Å²) >= 11 is 0. The van der Waals surface area contributed by atoms with E-state index < -0.39 is 35.7 Å². The first-order chi connectivity index (χ1) is 15.1. The van der Waals surface area contributed by atoms with Gasteiger partial charge < -0.3 is 4.74 Å². The molecule has 0 saturated heterocycles. The summed E-state index contributed by atoms with van der Waals surface area (Å²) in [5.41, 5.74) is -2.98. The summed E-state index contributed by atoms with van der Waals surface area (Å²) in [5.74, 6) is -2.60. The molecule has 32 heavy (non-hydrogen) atoms. The van der Waals surface area contributed by atoms with Crippen LogP contribution in [0.1, 0.15) is 57.8 Å². The SMILES string of the molecule is FC(F)(F)C(C1CCCCC1)(C1CCC(Oc2ncnc3ccccc23)CC1)C(F)(F)F. The van der Waals surface area contributed by atoms with E-state index in [2.05, 4.69) is 9.97 Å². The van der Waals surface area contributed by atoms with Gasteiger partial charge in [-0.15, -0.1) is 0 Å². The minimum Gasteiger partial charge on any atom is -0.474 e. The van der Waals surface area contributed by atoms with E-state index in [0.29, 0.717) is 36.0 Å². The van der Waals surface area contributed by atoms with Crippen LogP contribution in [0.15, 0.2) is 30.6 Å². The third-order valence-corrected chi connectivity index (χ3v) is 7.29. The van der Waals surface area contributed by atoms with Gasteiger partial charge in [-0.25, -0.2) is 9.97 Å². The summed E-state index contributed by atoms with van der Waals surface area (Å²) < 4.78 is 91.7. The summed E-state index contributed by atoms with van der Waals surface area (Å²) in [5, 5.41) is 0.666. The monoisotopic (exact) mass is 460 g/mol. The predicted molar refractivity (Wildman–Crippen MR) is 107 cm³/mol. The lowest BCUT2D eigenvalue weighted by Crippen LogP contribution is -2.60. The van der Waals surface area contributed by atoms with E-state index in [4.69, 9.17) is 4.74 Å². The molecule has 2 aliphatic carbocycles. The molecular weight excluding hydrogens is 434 g/mol. The molecule has 0 atom stereocenters. The lowest BCUT2D eigenvalue weighted by Gasteiger charge is -2.50. The normalized spacial score (nSPS) is 23.9. The highest BCUT2D eigenvalue weighted by Crippen LogP contribution is 2.64. The molecule has 2 saturated carbocycles. The number of hydrogen-bond donors (Lipinski definition) is 0. The fraction of sp³-hybridized carbons (Fsp3) is 0.652. The molecule has 1 aromatic heterocycles. The number of rotatable bonds is 4. The van der Waals surface area contributed by atoms with E-state index in [0.717, 1.165) is 0 Å². The number of benzene rings is 1. The number of hydrogen-bond acceptors (Lipinski definition) is 3. The molecule has 2 aliphatic rings. The second-order valence-electron chi connectivity index (χ2n) is 8.99. The molecule has 1 heterocycles. The van der Waals surface area contributed by atoms with Crippen molar-refractivity contribution in [3.8, 4) is 5.88 Å². The van der Waals surface area contributed by atoms with E-state index >= 15 is 0 Å². The van der Waals surface area contributed by atoms with Crippen molar-refractivity contribution in [1.29, 1.82) is 0 Å². The van der Waals surface area contributed by atoms with Crippen LogP contribution in [0.5, 0.6) is 5.88 Å². The molecule has 2 fully saturated rings. The summed E-state index contributed by atoms with van der Waals surface area (Å²) in [6.45, 7) is 0. The Bertz CT molecular complexity index is 895. The molecule has 0 N–H and O–H groups in total. The topological polar surface area (TPSA) is 35.0 Å². The Morgan fingerprint density at radius 3 is 1.94 bits per heavy atom. The molecule has 3 nitrogen and oxygen atoms in total. The number of alkyl halides is 6. The van der Waals surface area contributed by atoms with Gasteiger partial charge in [-0.05, 0) is 62.5 Å². The first kappa shape index (κ1) is 23.1. The number of aromatic nitrogens is 2. The maximum atomic E-state index is 14.3. The van der Waals surface area contributed by atoms with E-state index in [1.165, 1.54) is 6.33 Å². The lowest BCUT2D eigenvalue weighted by atomic mass is 9.57. The fourth-order valence-electron chi connectivity index (χ4n) is 5.85. The van der Waals surface area contributed by atoms with Crippen LogP contribution in [0, 0.1) is 17.3 Å². The van der Waals surface area contributed by atoms with Gasteiger partial charge in [-0.2, -0.15) is 26.3 Å². The number of ether oxygens (including phenoxy) is 1. The van der Waals surface area contributed by atoms with Gasteiger partial charge in [0.05, 0.1) is 10.9 Å². The van der Waals surface area contributed by atoms with E-state index in [-0.39, 0.29) is 38.5 Å². The molecule has 2 aromatic rings. The molecule has 0 radical (unpaired) electrons. The van der Waals surface area contributed by atoms with Gasteiger partial charge in [0, 0.05) is 0 Å². The largest absolute Gasteiger partial charge is 0.474 e. The first-order valence-corrected chi connectivity index (χ1v) is 11.1. The van der Waals surface area contributed by atoms with Gasteiger partial charge in [-0.1, -0.05) is 31.4 Å². The highest BCUT2D eigenvalue weighted by Gasteiger charge is 2.76. The Morgan fingerprint density at radius 1 is 0.719 bits per heavy atom. The third kappa shape index (κ3) is 4.03. The van der Waals surface area contributed by atoms with E-state index in [1.54, 1.807) is 18.2 Å². The van der Waals surface area contributed by atoms with Gasteiger partial charge in [0.25, 0.3) is 0 Å². The van der Waals surface area contributed by atoms with Crippen molar-refractivity contribution in [2.45, 2.75) is 76.2 Å². The van der Waals surface area contributed by atoms with Crippen molar-refractivity contribution in [3.63, 3.8) is 0 Å². The summed E-state index contributed by atoms with van der Waals surface area (Å²) in [4.78, 5) is 8.27. The zero-order chi connectivity index (χ0) is 23.0. The first-order valence-electron chi connectivity index (χ1n) is 11.1. The molecule has 0 bridgehead atoms. The zero-order valence-corrected chi connectivity index (χ0v) is 17.6. The Balaban J connectivity index is 1.56. The Hall–Kier alpha value is -2.06. The summed E-state index contributed by atoms with van der Waals surface area (Å²) in [7, 11) is 0. The van der Waals surface area contributed by atoms with Gasteiger partial charge in [0.1, 0.15) is 12.4 Å². The van der Waals surface area contributed by atoms with Gasteiger partial charge in [-0.3, -0.25) is 0 Å². The number of para-hydroxylation sites is 1. The summed E-state index contributed by atoms with van der Waals surface area (Å²) in [6, 6.07) is 7.16. The van der Waals surface area contributed by atoms with Crippen molar-refractivity contribution in [2.24, 2.45) is 17.3 Å². The van der Waals surface area contributed by atoms with Crippen LogP contribution < -0.4 is 4.74 Å². The van der Waals surface area contributed by atoms with Crippen LogP contribution in [-0.4, -0.2) is 28.4 Å². The lowest BCUT2D eigenvalue weighted by molar-refractivity contribution is -0.382. The molecule has 176 valence electrons. The van der Waals surface area contributed by atoms with Crippen LogP contribution in [0.4, 0.5) is 26.3 Å². The Morgan fingerprint density at radius 2 is 1.31 bits per heavy atom. The van der Waals surface area contributed by atoms with Gasteiger partial charge in [0.15, 0.2) is 5.41 Å². The van der Waals surface area contributed by atoms with Crippen molar-refractivity contribution in [2.75, 3.05) is 0 Å². The van der Waals surface area contributed by atoms with Crippen molar-refractivity contribution >= 4 is 10.9 Å². The van der Waals surface area contributed by atoms with Crippen molar-refractivity contribution in [1.82, 2.24) is 9.97 Å². The van der Waals surface area contributed by atoms with E-state index in [1.807, 2.05) is 6.07 Å². The maximum Gasteiger partial charge on any atom is 0.403 e. The van der Waals surface area contributed by atoms with Gasteiger partial charge >= 0.3 is 12.4 Å². The minimum absolute atomic E-state index is 0.0254. The zero-order valence-electron chi connectivity index (χ0n) is 17.6. The fourth-order valence-corrected chi connectivity index (χ4v) is 5.85. The smallest absolute Gasteiger partial charge is 0.403 e. The standard InChI is InChI=1S/C23H26F6N2O/c24-22(25,26)21(23(27,28)29,15-6-2-1-3-7-15)16-10-12-17(13-11-16)32-20-18-8-4-5-9-19(18)30-14-31-20/h4-5,8-9,14-17H,1-3,6-7,10-13H2. The quantitative estimate of drug-likeness (QED) is 0.451. The molecule has 0 spiro atoms. The van der Waals surface area contributed by atoms with Gasteiger partial charge in [0.2, 0.25) is 5.88 Å². The average Bonchev–Trinajstić information content (AvgIpc) is 2.74. The highest BCUT2D eigenvalue weighted by atomic mass is 19.4. The minimum atomic E-state index is -5.34. The molecule has 0 aliphatic heterocycles. The number of fused-ring (bicyclic) bond motifs is 1. The molecule has 4 rings (SSSR count). The molecule has 0 amide bonds. The Labute approximate surface area is 182 Å².